The van der Waals surface area contributed by atoms with Crippen LogP contribution in [0.1, 0.15) is 20.8 Å². The Balaban J connectivity index is 2.74. The molecule has 0 spiro atoms. The molecule has 1 heterocycles. The zero-order valence-corrected chi connectivity index (χ0v) is 7.51. The maximum Gasteiger partial charge on any atom is 0.326 e. The van der Waals surface area contributed by atoms with Crippen molar-refractivity contribution >= 4 is 11.9 Å². The van der Waals surface area contributed by atoms with E-state index in [4.69, 9.17) is 4.74 Å². The van der Waals surface area contributed by atoms with Crippen molar-refractivity contribution in [3.8, 4) is 0 Å². The average molecular weight is 171 g/mol. The van der Waals surface area contributed by atoms with Crippen LogP contribution in [0.5, 0.6) is 0 Å². The first-order valence-corrected chi connectivity index (χ1v) is 3.88. The van der Waals surface area contributed by atoms with E-state index in [1.807, 2.05) is 20.8 Å². The summed E-state index contributed by atoms with van der Waals surface area (Å²) >= 11 is 0. The van der Waals surface area contributed by atoms with Crippen molar-refractivity contribution < 1.29 is 14.3 Å². The van der Waals surface area contributed by atoms with Gasteiger partial charge in [-0.3, -0.25) is 9.59 Å². The lowest BCUT2D eigenvalue weighted by atomic mass is 9.88. The molecule has 1 fully saturated rings. The van der Waals surface area contributed by atoms with Crippen molar-refractivity contribution in [2.75, 3.05) is 6.54 Å². The molecule has 4 heteroatoms. The highest BCUT2D eigenvalue weighted by atomic mass is 16.6. The summed E-state index contributed by atoms with van der Waals surface area (Å²) in [6.07, 6.45) is -0.654. The summed E-state index contributed by atoms with van der Waals surface area (Å²) in [6.45, 7) is 5.56. The Kier molecular flexibility index (Phi) is 2.08. The number of morpholine rings is 1. The topological polar surface area (TPSA) is 55.4 Å². The standard InChI is InChI=1S/C8H13NO3/c1-8(2,3)6-7(11)9-4-5(10)12-6/h6H,4H2,1-3H3,(H,9,11)/t6-/m1/s1. The molecule has 0 radical (unpaired) electrons. The zero-order valence-electron chi connectivity index (χ0n) is 7.51. The van der Waals surface area contributed by atoms with Gasteiger partial charge in [-0.25, -0.2) is 0 Å². The molecule has 1 amide bonds. The van der Waals surface area contributed by atoms with E-state index in [9.17, 15) is 9.59 Å². The van der Waals surface area contributed by atoms with Crippen LogP contribution in [-0.4, -0.2) is 24.5 Å². The van der Waals surface area contributed by atoms with Gasteiger partial charge in [0, 0.05) is 5.41 Å². The van der Waals surface area contributed by atoms with Crippen LogP contribution in [0.25, 0.3) is 0 Å². The van der Waals surface area contributed by atoms with Gasteiger partial charge in [-0.15, -0.1) is 0 Å². The molecule has 1 aliphatic rings. The maximum atomic E-state index is 11.2. The Labute approximate surface area is 71.3 Å². The Bertz CT molecular complexity index is 217. The van der Waals surface area contributed by atoms with Crippen LogP contribution in [0.3, 0.4) is 0 Å². The van der Waals surface area contributed by atoms with E-state index in [-0.39, 0.29) is 23.8 Å². The molecule has 1 atom stereocenters. The molecule has 0 bridgehead atoms. The lowest BCUT2D eigenvalue weighted by Gasteiger charge is -2.31. The van der Waals surface area contributed by atoms with Crippen LogP contribution in [-0.2, 0) is 14.3 Å². The third-order valence-corrected chi connectivity index (χ3v) is 1.68. The second-order valence-corrected chi connectivity index (χ2v) is 3.95. The largest absolute Gasteiger partial charge is 0.450 e. The Morgan fingerprint density at radius 1 is 1.42 bits per heavy atom. The van der Waals surface area contributed by atoms with Crippen LogP contribution < -0.4 is 5.32 Å². The monoisotopic (exact) mass is 171 g/mol. The summed E-state index contributed by atoms with van der Waals surface area (Å²) in [6, 6.07) is 0. The Hall–Kier alpha value is -1.06. The molecule has 0 aromatic rings. The average Bonchev–Trinajstić information content (AvgIpc) is 1.92. The van der Waals surface area contributed by atoms with Crippen LogP contribution in [0.15, 0.2) is 0 Å². The molecule has 12 heavy (non-hydrogen) atoms. The van der Waals surface area contributed by atoms with Gasteiger partial charge < -0.3 is 10.1 Å². The smallest absolute Gasteiger partial charge is 0.326 e. The summed E-state index contributed by atoms with van der Waals surface area (Å²) in [7, 11) is 0. The fourth-order valence-electron chi connectivity index (χ4n) is 1.05. The summed E-state index contributed by atoms with van der Waals surface area (Å²) < 4.78 is 4.91. The van der Waals surface area contributed by atoms with Crippen LogP contribution in [0.2, 0.25) is 0 Å². The molecule has 0 aliphatic carbocycles. The molecule has 0 aromatic heterocycles. The highest BCUT2D eigenvalue weighted by molar-refractivity contribution is 5.90. The van der Waals surface area contributed by atoms with Crippen molar-refractivity contribution in [2.45, 2.75) is 26.9 Å². The van der Waals surface area contributed by atoms with Crippen molar-refractivity contribution in [1.29, 1.82) is 0 Å². The molecule has 1 saturated heterocycles. The van der Waals surface area contributed by atoms with Crippen molar-refractivity contribution in [3.63, 3.8) is 0 Å². The Morgan fingerprint density at radius 2 is 2.00 bits per heavy atom. The van der Waals surface area contributed by atoms with Crippen LogP contribution in [0.4, 0.5) is 0 Å². The van der Waals surface area contributed by atoms with Gasteiger partial charge in [0.05, 0.1) is 0 Å². The normalized spacial score (nSPS) is 24.8. The molecule has 1 N–H and O–H groups in total. The molecule has 0 aromatic carbocycles. The first-order valence-electron chi connectivity index (χ1n) is 3.88. The summed E-state index contributed by atoms with van der Waals surface area (Å²) in [4.78, 5) is 22.0. The van der Waals surface area contributed by atoms with Crippen molar-refractivity contribution in [1.82, 2.24) is 5.32 Å². The maximum absolute atomic E-state index is 11.2. The minimum atomic E-state index is -0.654. The quantitative estimate of drug-likeness (QED) is 0.525. The number of cyclic esters (lactones) is 1. The van der Waals surface area contributed by atoms with Crippen LogP contribution in [0, 0.1) is 5.41 Å². The van der Waals surface area contributed by atoms with Gasteiger partial charge in [-0.05, 0) is 0 Å². The number of carbonyl (C=O) groups excluding carboxylic acids is 2. The lowest BCUT2D eigenvalue weighted by Crippen LogP contribution is -2.52. The molecule has 0 saturated carbocycles. The molecule has 0 unspecified atom stereocenters. The lowest BCUT2D eigenvalue weighted by molar-refractivity contribution is -0.168. The predicted molar refractivity (Wildman–Crippen MR) is 42.3 cm³/mol. The molecular formula is C8H13NO3. The number of ether oxygens (including phenoxy) is 1. The number of hydrogen-bond donors (Lipinski definition) is 1. The SMILES string of the molecule is CC(C)(C)[C@@H]1OC(=O)CNC1=O. The number of hydrogen-bond acceptors (Lipinski definition) is 3. The second kappa shape index (κ2) is 2.77. The highest BCUT2D eigenvalue weighted by Gasteiger charge is 2.37. The summed E-state index contributed by atoms with van der Waals surface area (Å²) in [5.41, 5.74) is -0.333. The molecular weight excluding hydrogens is 158 g/mol. The van der Waals surface area contributed by atoms with E-state index >= 15 is 0 Å². The van der Waals surface area contributed by atoms with E-state index in [1.54, 1.807) is 0 Å². The molecule has 4 nitrogen and oxygen atoms in total. The van der Waals surface area contributed by atoms with E-state index in [2.05, 4.69) is 5.32 Å². The predicted octanol–water partition coefficient (Wildman–Crippen LogP) is 0.0741. The minimum Gasteiger partial charge on any atom is -0.450 e. The summed E-state index contributed by atoms with van der Waals surface area (Å²) in [5, 5.41) is 2.47. The van der Waals surface area contributed by atoms with Crippen LogP contribution >= 0.6 is 0 Å². The fraction of sp³-hybridized carbons (Fsp3) is 0.750. The fourth-order valence-corrected chi connectivity index (χ4v) is 1.05. The van der Waals surface area contributed by atoms with E-state index in [1.165, 1.54) is 0 Å². The van der Waals surface area contributed by atoms with Gasteiger partial charge in [0.2, 0.25) is 0 Å². The van der Waals surface area contributed by atoms with E-state index < -0.39 is 6.10 Å². The minimum absolute atomic E-state index is 0.00852. The van der Waals surface area contributed by atoms with E-state index in [0.717, 1.165) is 0 Å². The Morgan fingerprint density at radius 3 is 2.42 bits per heavy atom. The number of amides is 1. The van der Waals surface area contributed by atoms with Gasteiger partial charge >= 0.3 is 5.97 Å². The molecule has 1 aliphatic heterocycles. The number of nitrogens with one attached hydrogen (secondary N) is 1. The van der Waals surface area contributed by atoms with Gasteiger partial charge in [-0.2, -0.15) is 0 Å². The van der Waals surface area contributed by atoms with Crippen molar-refractivity contribution in [2.24, 2.45) is 5.41 Å². The number of rotatable bonds is 0. The first-order chi connectivity index (χ1) is 5.41. The highest BCUT2D eigenvalue weighted by Crippen LogP contribution is 2.23. The van der Waals surface area contributed by atoms with Gasteiger partial charge in [-0.1, -0.05) is 20.8 Å². The molecule has 1 rings (SSSR count). The van der Waals surface area contributed by atoms with Gasteiger partial charge in [0.25, 0.3) is 5.91 Å². The number of carbonyl (C=O) groups is 2. The third kappa shape index (κ3) is 1.75. The zero-order chi connectivity index (χ0) is 9.35. The molecule has 68 valence electrons. The number of esters is 1. The summed E-state index contributed by atoms with van der Waals surface area (Å²) in [5.74, 6) is -0.573. The second-order valence-electron chi connectivity index (χ2n) is 3.95. The van der Waals surface area contributed by atoms with E-state index in [0.29, 0.717) is 0 Å². The van der Waals surface area contributed by atoms with Gasteiger partial charge in [0.15, 0.2) is 6.10 Å². The van der Waals surface area contributed by atoms with Gasteiger partial charge in [0.1, 0.15) is 6.54 Å². The third-order valence-electron chi connectivity index (χ3n) is 1.68. The van der Waals surface area contributed by atoms with Crippen molar-refractivity contribution in [3.05, 3.63) is 0 Å². The first kappa shape index (κ1) is 9.03.